The predicted octanol–water partition coefficient (Wildman–Crippen LogP) is 2.90. The number of likely N-dealkylation sites (tertiary alicyclic amines) is 1. The van der Waals surface area contributed by atoms with Gasteiger partial charge in [0.25, 0.3) is 0 Å². The van der Waals surface area contributed by atoms with Crippen molar-refractivity contribution < 1.29 is 4.74 Å². The van der Waals surface area contributed by atoms with Crippen LogP contribution in [-0.2, 0) is 4.74 Å². The van der Waals surface area contributed by atoms with Gasteiger partial charge in [0, 0.05) is 25.1 Å². The van der Waals surface area contributed by atoms with Crippen molar-refractivity contribution in [2.45, 2.75) is 52.4 Å². The molecule has 0 spiro atoms. The molecule has 0 aliphatic carbocycles. The number of hydrogen-bond acceptors (Lipinski definition) is 3. The van der Waals surface area contributed by atoms with Gasteiger partial charge in [-0.1, -0.05) is 20.3 Å². The monoisotopic (exact) mass is 282 g/mol. The second-order valence-electron chi connectivity index (χ2n) is 6.96. The fraction of sp³-hybridized carbons (Fsp3) is 1.00. The Labute approximate surface area is 125 Å². The second kappa shape index (κ2) is 8.35. The molecule has 2 aliphatic rings. The van der Waals surface area contributed by atoms with Gasteiger partial charge in [0.1, 0.15) is 0 Å². The summed E-state index contributed by atoms with van der Waals surface area (Å²) in [6.45, 7) is 12.6. The van der Waals surface area contributed by atoms with Gasteiger partial charge in [-0.2, -0.15) is 0 Å². The second-order valence-corrected chi connectivity index (χ2v) is 6.96. The van der Waals surface area contributed by atoms with Gasteiger partial charge in [-0.3, -0.25) is 0 Å². The average Bonchev–Trinajstić information content (AvgIpc) is 2.49. The van der Waals surface area contributed by atoms with Crippen LogP contribution in [0.5, 0.6) is 0 Å². The van der Waals surface area contributed by atoms with Crippen LogP contribution >= 0.6 is 0 Å². The smallest absolute Gasteiger partial charge is 0.0546 e. The third kappa shape index (κ3) is 4.71. The highest BCUT2D eigenvalue weighted by atomic mass is 16.5. The number of rotatable bonds is 7. The molecule has 3 heteroatoms. The van der Waals surface area contributed by atoms with Crippen LogP contribution in [0, 0.1) is 11.3 Å². The van der Waals surface area contributed by atoms with Gasteiger partial charge >= 0.3 is 0 Å². The number of piperidine rings is 1. The van der Waals surface area contributed by atoms with E-state index in [-0.39, 0.29) is 0 Å². The molecule has 1 atom stereocenters. The first kappa shape index (κ1) is 16.3. The van der Waals surface area contributed by atoms with E-state index in [0.29, 0.717) is 5.41 Å². The molecule has 1 N–H and O–H groups in total. The van der Waals surface area contributed by atoms with Crippen LogP contribution in [0.2, 0.25) is 0 Å². The zero-order valence-electron chi connectivity index (χ0n) is 13.6. The number of nitrogens with one attached hydrogen (secondary N) is 1. The molecule has 1 unspecified atom stereocenters. The van der Waals surface area contributed by atoms with E-state index in [1.54, 1.807) is 0 Å². The summed E-state index contributed by atoms with van der Waals surface area (Å²) in [6.07, 6.45) is 7.95. The number of ether oxygens (including phenoxy) is 1. The zero-order chi connectivity index (χ0) is 14.3. The Kier molecular flexibility index (Phi) is 6.79. The van der Waals surface area contributed by atoms with Crippen LogP contribution in [0.3, 0.4) is 0 Å². The predicted molar refractivity (Wildman–Crippen MR) is 85.1 cm³/mol. The summed E-state index contributed by atoms with van der Waals surface area (Å²) < 4.78 is 5.83. The molecule has 0 amide bonds. The molecule has 20 heavy (non-hydrogen) atoms. The summed E-state index contributed by atoms with van der Waals surface area (Å²) in [5.41, 5.74) is 0.368. The minimum Gasteiger partial charge on any atom is -0.381 e. The van der Waals surface area contributed by atoms with Crippen molar-refractivity contribution in [2.75, 3.05) is 45.9 Å². The summed E-state index contributed by atoms with van der Waals surface area (Å²) in [7, 11) is 0. The van der Waals surface area contributed by atoms with Crippen molar-refractivity contribution in [2.24, 2.45) is 11.3 Å². The normalized spacial score (nSPS) is 29.7. The summed E-state index contributed by atoms with van der Waals surface area (Å²) in [5.74, 6) is 0.975. The fourth-order valence-electron chi connectivity index (χ4n) is 3.79. The first-order valence-corrected chi connectivity index (χ1v) is 8.79. The van der Waals surface area contributed by atoms with Gasteiger partial charge in [0.15, 0.2) is 0 Å². The third-order valence-electron chi connectivity index (χ3n) is 5.17. The molecule has 2 rings (SSSR count). The molecule has 0 bridgehead atoms. The maximum absolute atomic E-state index is 5.83. The molecule has 0 radical (unpaired) electrons. The summed E-state index contributed by atoms with van der Waals surface area (Å²) in [5, 5.41) is 3.65. The Morgan fingerprint density at radius 1 is 1.25 bits per heavy atom. The highest BCUT2D eigenvalue weighted by molar-refractivity contribution is 4.88. The molecule has 2 saturated heterocycles. The Morgan fingerprint density at radius 3 is 2.65 bits per heavy atom. The lowest BCUT2D eigenvalue weighted by Gasteiger charge is -2.43. The molecule has 2 aliphatic heterocycles. The number of nitrogens with zero attached hydrogens (tertiary/aromatic N) is 1. The Hall–Kier alpha value is -0.120. The van der Waals surface area contributed by atoms with Crippen molar-refractivity contribution in [1.82, 2.24) is 10.2 Å². The van der Waals surface area contributed by atoms with E-state index in [2.05, 4.69) is 24.1 Å². The van der Waals surface area contributed by atoms with Crippen molar-refractivity contribution in [3.8, 4) is 0 Å². The van der Waals surface area contributed by atoms with Crippen LogP contribution in [-0.4, -0.2) is 50.8 Å². The quantitative estimate of drug-likeness (QED) is 0.727. The molecule has 0 aromatic rings. The van der Waals surface area contributed by atoms with Gasteiger partial charge in [-0.15, -0.1) is 0 Å². The zero-order valence-corrected chi connectivity index (χ0v) is 13.6. The maximum atomic E-state index is 5.83. The molecule has 3 nitrogen and oxygen atoms in total. The molecule has 2 fully saturated rings. The largest absolute Gasteiger partial charge is 0.381 e. The fourth-order valence-corrected chi connectivity index (χ4v) is 3.79. The number of hydrogen-bond donors (Lipinski definition) is 1. The van der Waals surface area contributed by atoms with Crippen LogP contribution in [0.1, 0.15) is 52.4 Å². The molecule has 118 valence electrons. The van der Waals surface area contributed by atoms with Crippen molar-refractivity contribution in [1.29, 1.82) is 0 Å². The average molecular weight is 282 g/mol. The maximum Gasteiger partial charge on any atom is 0.0546 e. The van der Waals surface area contributed by atoms with Crippen molar-refractivity contribution in [3.63, 3.8) is 0 Å². The SMILES string of the molecule is CCCNCC1(CN2CCC(CC)CC2)CCCOC1. The van der Waals surface area contributed by atoms with Crippen LogP contribution < -0.4 is 5.32 Å². The van der Waals surface area contributed by atoms with Gasteiger partial charge in [-0.05, 0) is 57.7 Å². The Bertz CT molecular complexity index is 256. The molecule has 0 aromatic heterocycles. The van der Waals surface area contributed by atoms with E-state index in [9.17, 15) is 0 Å². The standard InChI is InChI=1S/C17H34N2O/c1-3-9-18-13-17(8-5-12-20-15-17)14-19-10-6-16(4-2)7-11-19/h16,18H,3-15H2,1-2H3. The molecular weight excluding hydrogens is 248 g/mol. The van der Waals surface area contributed by atoms with E-state index in [1.807, 2.05) is 0 Å². The lowest BCUT2D eigenvalue weighted by atomic mass is 9.81. The molecular formula is C17H34N2O. The minimum absolute atomic E-state index is 0.368. The van der Waals surface area contributed by atoms with Gasteiger partial charge in [0.2, 0.25) is 0 Å². The third-order valence-corrected chi connectivity index (χ3v) is 5.17. The van der Waals surface area contributed by atoms with Crippen LogP contribution in [0.4, 0.5) is 0 Å². The summed E-state index contributed by atoms with van der Waals surface area (Å²) in [6, 6.07) is 0. The Balaban J connectivity index is 1.83. The molecule has 2 heterocycles. The first-order valence-electron chi connectivity index (χ1n) is 8.79. The topological polar surface area (TPSA) is 24.5 Å². The van der Waals surface area contributed by atoms with E-state index in [1.165, 1.54) is 58.2 Å². The van der Waals surface area contributed by atoms with Gasteiger partial charge in [0.05, 0.1) is 6.61 Å². The highest BCUT2D eigenvalue weighted by Crippen LogP contribution is 2.31. The lowest BCUT2D eigenvalue weighted by molar-refractivity contribution is -0.0307. The van der Waals surface area contributed by atoms with Crippen molar-refractivity contribution >= 4 is 0 Å². The van der Waals surface area contributed by atoms with E-state index in [4.69, 9.17) is 4.74 Å². The van der Waals surface area contributed by atoms with Crippen molar-refractivity contribution in [3.05, 3.63) is 0 Å². The van der Waals surface area contributed by atoms with Gasteiger partial charge < -0.3 is 15.0 Å². The summed E-state index contributed by atoms with van der Waals surface area (Å²) in [4.78, 5) is 2.70. The van der Waals surface area contributed by atoms with E-state index >= 15 is 0 Å². The highest BCUT2D eigenvalue weighted by Gasteiger charge is 2.35. The molecule has 0 aromatic carbocycles. The first-order chi connectivity index (χ1) is 9.78. The van der Waals surface area contributed by atoms with Crippen LogP contribution in [0.25, 0.3) is 0 Å². The Morgan fingerprint density at radius 2 is 2.05 bits per heavy atom. The van der Waals surface area contributed by atoms with E-state index < -0.39 is 0 Å². The molecule has 0 saturated carbocycles. The lowest BCUT2D eigenvalue weighted by Crippen LogP contribution is -2.50. The van der Waals surface area contributed by atoms with E-state index in [0.717, 1.165) is 32.2 Å². The van der Waals surface area contributed by atoms with Crippen LogP contribution in [0.15, 0.2) is 0 Å². The van der Waals surface area contributed by atoms with Gasteiger partial charge in [-0.25, -0.2) is 0 Å². The summed E-state index contributed by atoms with van der Waals surface area (Å²) >= 11 is 0. The minimum atomic E-state index is 0.368.